The largest absolute Gasteiger partial charge is 0.489 e. The summed E-state index contributed by atoms with van der Waals surface area (Å²) < 4.78 is 11.8. The minimum absolute atomic E-state index is 0.0358. The van der Waals surface area contributed by atoms with Crippen LogP contribution in [0.4, 0.5) is 0 Å². The zero-order valence-electron chi connectivity index (χ0n) is 14.8. The van der Waals surface area contributed by atoms with Gasteiger partial charge in [-0.2, -0.15) is 0 Å². The van der Waals surface area contributed by atoms with E-state index in [-0.39, 0.29) is 18.9 Å². The van der Waals surface area contributed by atoms with Gasteiger partial charge in [0.05, 0.1) is 12.8 Å². The fraction of sp³-hybridized carbons (Fsp3) is 0.190. The number of para-hydroxylation sites is 1. The van der Waals surface area contributed by atoms with Gasteiger partial charge in [-0.3, -0.25) is 4.79 Å². The van der Waals surface area contributed by atoms with Crippen molar-refractivity contribution in [2.24, 2.45) is 0 Å². The molecule has 2 N–H and O–H groups in total. The maximum atomic E-state index is 12.5. The molecule has 5 nitrogen and oxygen atoms in total. The predicted octanol–water partition coefficient (Wildman–Crippen LogP) is 4.26. The number of hydrogen-bond acceptors (Lipinski definition) is 4. The van der Waals surface area contributed by atoms with E-state index in [1.807, 2.05) is 54.6 Å². The highest BCUT2D eigenvalue weighted by atomic mass is 79.9. The average molecular weight is 430 g/mol. The summed E-state index contributed by atoms with van der Waals surface area (Å²) in [6.45, 7) is 1.90. The predicted molar refractivity (Wildman–Crippen MR) is 106 cm³/mol. The van der Waals surface area contributed by atoms with Crippen LogP contribution in [0.5, 0.6) is 5.75 Å². The third kappa shape index (κ3) is 4.78. The molecule has 1 heterocycles. The molecule has 0 aliphatic carbocycles. The molecule has 0 aliphatic heterocycles. The highest BCUT2D eigenvalue weighted by Crippen LogP contribution is 2.27. The molecule has 0 unspecified atom stereocenters. The molecular weight excluding hydrogens is 410 g/mol. The lowest BCUT2D eigenvalue weighted by Gasteiger charge is -2.25. The Hall–Kier alpha value is -2.57. The van der Waals surface area contributed by atoms with Gasteiger partial charge in [0.15, 0.2) is 5.76 Å². The summed E-state index contributed by atoms with van der Waals surface area (Å²) in [6.07, 6.45) is 1.45. The number of carbonyl (C=O) groups excluding carboxylic acids is 1. The number of nitrogens with one attached hydrogen (secondary N) is 1. The van der Waals surface area contributed by atoms with Gasteiger partial charge in [-0.25, -0.2) is 0 Å². The minimum atomic E-state index is -1.23. The van der Waals surface area contributed by atoms with Crippen LogP contribution >= 0.6 is 15.9 Å². The Bertz CT molecular complexity index is 905. The summed E-state index contributed by atoms with van der Waals surface area (Å²) in [5, 5.41) is 13.5. The van der Waals surface area contributed by atoms with E-state index in [1.54, 1.807) is 13.0 Å². The number of hydrogen-bond donors (Lipinski definition) is 2. The van der Waals surface area contributed by atoms with Crippen molar-refractivity contribution in [3.05, 3.63) is 88.3 Å². The van der Waals surface area contributed by atoms with Crippen LogP contribution in [-0.2, 0) is 12.2 Å². The van der Waals surface area contributed by atoms with Gasteiger partial charge < -0.3 is 19.6 Å². The van der Waals surface area contributed by atoms with E-state index in [0.29, 0.717) is 16.9 Å². The lowest BCUT2D eigenvalue weighted by atomic mass is 9.96. The van der Waals surface area contributed by atoms with Crippen molar-refractivity contribution in [2.45, 2.75) is 19.1 Å². The van der Waals surface area contributed by atoms with E-state index in [2.05, 4.69) is 21.2 Å². The van der Waals surface area contributed by atoms with Crippen molar-refractivity contribution >= 4 is 21.8 Å². The van der Waals surface area contributed by atoms with Gasteiger partial charge in [-0.15, -0.1) is 0 Å². The normalized spacial score (nSPS) is 13.0. The number of aliphatic hydroxyl groups is 1. The molecule has 0 radical (unpaired) electrons. The zero-order chi connectivity index (χ0) is 19.3. The van der Waals surface area contributed by atoms with Gasteiger partial charge in [0.2, 0.25) is 0 Å². The second kappa shape index (κ2) is 8.41. The second-order valence-electron chi connectivity index (χ2n) is 6.31. The highest BCUT2D eigenvalue weighted by Gasteiger charge is 2.27. The van der Waals surface area contributed by atoms with Crippen LogP contribution in [0.1, 0.15) is 28.6 Å². The van der Waals surface area contributed by atoms with Crippen LogP contribution in [0.3, 0.4) is 0 Å². The molecule has 27 heavy (non-hydrogen) atoms. The third-order valence-corrected chi connectivity index (χ3v) is 4.83. The number of amides is 1. The van der Waals surface area contributed by atoms with Crippen LogP contribution in [0, 0.1) is 0 Å². The molecule has 3 aromatic rings. The number of ether oxygens (including phenoxy) is 1. The monoisotopic (exact) mass is 429 g/mol. The Morgan fingerprint density at radius 2 is 1.85 bits per heavy atom. The van der Waals surface area contributed by atoms with E-state index in [9.17, 15) is 9.90 Å². The Balaban J connectivity index is 1.63. The molecule has 0 spiro atoms. The summed E-state index contributed by atoms with van der Waals surface area (Å²) >= 11 is 3.42. The number of furan rings is 1. The quantitative estimate of drug-likeness (QED) is 0.588. The lowest BCUT2D eigenvalue weighted by molar-refractivity contribution is 0.0512. The van der Waals surface area contributed by atoms with Crippen LogP contribution in [-0.4, -0.2) is 17.6 Å². The van der Waals surface area contributed by atoms with Gasteiger partial charge >= 0.3 is 0 Å². The molecule has 1 atom stereocenters. The van der Waals surface area contributed by atoms with E-state index in [4.69, 9.17) is 9.15 Å². The Kier molecular flexibility index (Phi) is 5.98. The van der Waals surface area contributed by atoms with Gasteiger partial charge in [0.1, 0.15) is 18.0 Å². The van der Waals surface area contributed by atoms with E-state index in [1.165, 1.54) is 6.26 Å². The van der Waals surface area contributed by atoms with Crippen molar-refractivity contribution in [1.29, 1.82) is 0 Å². The highest BCUT2D eigenvalue weighted by molar-refractivity contribution is 9.10. The molecule has 140 valence electrons. The fourth-order valence-electron chi connectivity index (χ4n) is 2.65. The van der Waals surface area contributed by atoms with Crippen LogP contribution in [0.25, 0.3) is 0 Å². The summed E-state index contributed by atoms with van der Waals surface area (Å²) in [4.78, 5) is 12.5. The SMILES string of the molecule is C[C@](O)(CNC(=O)c1occc1COc1ccccc1)c1ccccc1Br. The number of halogens is 1. The molecule has 1 aromatic heterocycles. The van der Waals surface area contributed by atoms with E-state index in [0.717, 1.165) is 4.47 Å². The van der Waals surface area contributed by atoms with Crippen molar-refractivity contribution in [1.82, 2.24) is 5.32 Å². The van der Waals surface area contributed by atoms with Crippen molar-refractivity contribution < 1.29 is 19.1 Å². The van der Waals surface area contributed by atoms with Crippen LogP contribution in [0.2, 0.25) is 0 Å². The first-order chi connectivity index (χ1) is 13.0. The van der Waals surface area contributed by atoms with E-state index < -0.39 is 11.5 Å². The third-order valence-electron chi connectivity index (χ3n) is 4.14. The van der Waals surface area contributed by atoms with Crippen molar-refractivity contribution in [2.75, 3.05) is 6.54 Å². The maximum absolute atomic E-state index is 12.5. The smallest absolute Gasteiger partial charge is 0.287 e. The molecule has 1 amide bonds. The van der Waals surface area contributed by atoms with Gasteiger partial charge in [-0.05, 0) is 36.8 Å². The first-order valence-electron chi connectivity index (χ1n) is 8.47. The standard InChI is InChI=1S/C21H20BrNO4/c1-21(25,17-9-5-6-10-18(17)22)14-23-20(24)19-15(11-12-26-19)13-27-16-7-3-2-4-8-16/h2-12,25H,13-14H2,1H3,(H,23,24)/t21-/m0/s1. The van der Waals surface area contributed by atoms with Crippen LogP contribution < -0.4 is 10.1 Å². The summed E-state index contributed by atoms with van der Waals surface area (Å²) in [5.74, 6) is 0.481. The van der Waals surface area contributed by atoms with Crippen molar-refractivity contribution in [3.8, 4) is 5.75 Å². The fourth-order valence-corrected chi connectivity index (χ4v) is 3.36. The van der Waals surface area contributed by atoms with Crippen molar-refractivity contribution in [3.63, 3.8) is 0 Å². The molecule has 0 aliphatic rings. The summed E-state index contributed by atoms with van der Waals surface area (Å²) in [6, 6.07) is 18.4. The second-order valence-corrected chi connectivity index (χ2v) is 7.17. The van der Waals surface area contributed by atoms with Gasteiger partial charge in [0, 0.05) is 10.0 Å². The summed E-state index contributed by atoms with van der Waals surface area (Å²) in [5.41, 5.74) is 0.0949. The molecule has 3 rings (SSSR count). The molecule has 6 heteroatoms. The zero-order valence-corrected chi connectivity index (χ0v) is 16.4. The molecule has 2 aromatic carbocycles. The Morgan fingerprint density at radius 1 is 1.15 bits per heavy atom. The molecule has 0 fully saturated rings. The first kappa shape index (κ1) is 19.2. The average Bonchev–Trinajstić information content (AvgIpc) is 3.14. The molecule has 0 saturated heterocycles. The molecular formula is C21H20BrNO4. The number of carbonyl (C=O) groups is 1. The first-order valence-corrected chi connectivity index (χ1v) is 9.26. The van der Waals surface area contributed by atoms with Crippen LogP contribution in [0.15, 0.2) is 75.8 Å². The lowest BCUT2D eigenvalue weighted by Crippen LogP contribution is -2.39. The minimum Gasteiger partial charge on any atom is -0.489 e. The number of benzene rings is 2. The van der Waals surface area contributed by atoms with E-state index >= 15 is 0 Å². The van der Waals surface area contributed by atoms with Gasteiger partial charge in [-0.1, -0.05) is 52.3 Å². The van der Waals surface area contributed by atoms with Gasteiger partial charge in [0.25, 0.3) is 5.91 Å². The number of rotatable bonds is 7. The molecule has 0 bridgehead atoms. The topological polar surface area (TPSA) is 71.7 Å². The Morgan fingerprint density at radius 3 is 2.59 bits per heavy atom. The maximum Gasteiger partial charge on any atom is 0.287 e. The summed E-state index contributed by atoms with van der Waals surface area (Å²) in [7, 11) is 0. The molecule has 0 saturated carbocycles. The Labute approximate surface area is 166 Å².